The lowest BCUT2D eigenvalue weighted by molar-refractivity contribution is -0.954. The SMILES string of the molecule is NC(O[N+](=O)[O-])(O[N+](=O)[O-])O[N+](=O)[O-]. The lowest BCUT2D eigenvalue weighted by Gasteiger charge is -2.19. The molecule has 0 saturated heterocycles. The van der Waals surface area contributed by atoms with Gasteiger partial charge in [-0.25, -0.2) is 14.5 Å². The molecule has 0 bridgehead atoms. The van der Waals surface area contributed by atoms with Crippen LogP contribution in [0.1, 0.15) is 0 Å². The number of nitrogens with zero attached hydrogens (tertiary/aromatic N) is 3. The average Bonchev–Trinajstić information content (AvgIpc) is 1.76. The van der Waals surface area contributed by atoms with Crippen molar-refractivity contribution in [2.75, 3.05) is 0 Å². The topological polar surface area (TPSA) is 183 Å². The van der Waals surface area contributed by atoms with E-state index >= 15 is 0 Å². The highest BCUT2D eigenvalue weighted by atomic mass is 17.2. The van der Waals surface area contributed by atoms with Crippen molar-refractivity contribution >= 4 is 0 Å². The second kappa shape index (κ2) is 3.99. The van der Waals surface area contributed by atoms with Crippen LogP contribution in [0.15, 0.2) is 0 Å². The maximum absolute atomic E-state index is 9.68. The van der Waals surface area contributed by atoms with Crippen molar-refractivity contribution in [1.82, 2.24) is 0 Å². The van der Waals surface area contributed by atoms with Crippen molar-refractivity contribution in [3.63, 3.8) is 0 Å². The summed E-state index contributed by atoms with van der Waals surface area (Å²) < 4.78 is 0. The second-order valence-corrected chi connectivity index (χ2v) is 1.55. The molecule has 0 spiro atoms. The molecule has 14 heavy (non-hydrogen) atoms. The van der Waals surface area contributed by atoms with Crippen LogP contribution in [0.2, 0.25) is 0 Å². The Labute approximate surface area is 73.2 Å². The minimum atomic E-state index is -3.53. The Bertz CT molecular complexity index is 219. The highest BCUT2D eigenvalue weighted by molar-refractivity contribution is 4.30. The third-order valence-electron chi connectivity index (χ3n) is 0.605. The predicted octanol–water partition coefficient (Wildman–Crippen LogP) is -1.82. The molecule has 2 N–H and O–H groups in total. The number of hydrogen-bond acceptors (Lipinski definition) is 10. The van der Waals surface area contributed by atoms with Crippen molar-refractivity contribution in [3.8, 4) is 0 Å². The molecule has 0 heterocycles. The lowest BCUT2D eigenvalue weighted by atomic mass is 11.0. The number of hydrogen-bond donors (Lipinski definition) is 1. The predicted molar refractivity (Wildman–Crippen MR) is 31.2 cm³/mol. The highest BCUT2D eigenvalue weighted by Crippen LogP contribution is 2.08. The van der Waals surface area contributed by atoms with Crippen molar-refractivity contribution in [1.29, 1.82) is 0 Å². The fourth-order valence-electron chi connectivity index (χ4n) is 0.362. The summed E-state index contributed by atoms with van der Waals surface area (Å²) in [6.07, 6.45) is -3.53. The molecule has 0 aromatic carbocycles. The van der Waals surface area contributed by atoms with E-state index in [2.05, 4.69) is 20.2 Å². The summed E-state index contributed by atoms with van der Waals surface area (Å²) >= 11 is 0. The van der Waals surface area contributed by atoms with E-state index in [0.717, 1.165) is 0 Å². The average molecular weight is 214 g/mol. The van der Waals surface area contributed by atoms with Crippen molar-refractivity contribution in [2.24, 2.45) is 5.73 Å². The lowest BCUT2D eigenvalue weighted by Crippen LogP contribution is -2.52. The molecule has 0 atom stereocenters. The molecular weight excluding hydrogens is 212 g/mol. The largest absolute Gasteiger partial charge is 0.461 e. The minimum Gasteiger partial charge on any atom is -0.258 e. The van der Waals surface area contributed by atoms with Gasteiger partial charge in [-0.2, -0.15) is 0 Å². The molecule has 0 aromatic rings. The molecule has 0 aliphatic heterocycles. The van der Waals surface area contributed by atoms with Crippen LogP contribution in [0, 0.1) is 30.3 Å². The molecule has 13 nitrogen and oxygen atoms in total. The maximum Gasteiger partial charge on any atom is 0.461 e. The monoisotopic (exact) mass is 214 g/mol. The normalized spacial score (nSPS) is 10.1. The maximum atomic E-state index is 9.68. The second-order valence-electron chi connectivity index (χ2n) is 1.55. The van der Waals surface area contributed by atoms with Gasteiger partial charge in [-0.1, -0.05) is 0 Å². The van der Waals surface area contributed by atoms with Gasteiger partial charge in [-0.3, -0.25) is 5.73 Å². The van der Waals surface area contributed by atoms with Gasteiger partial charge in [-0.15, -0.1) is 30.3 Å². The van der Waals surface area contributed by atoms with Crippen LogP contribution in [-0.2, 0) is 14.5 Å². The number of rotatable bonds is 6. The van der Waals surface area contributed by atoms with Gasteiger partial charge < -0.3 is 0 Å². The van der Waals surface area contributed by atoms with Crippen LogP contribution in [0.4, 0.5) is 0 Å². The van der Waals surface area contributed by atoms with Gasteiger partial charge in [0.25, 0.3) is 0 Å². The summed E-state index contributed by atoms with van der Waals surface area (Å²) in [5, 5.41) is 24.0. The van der Waals surface area contributed by atoms with Gasteiger partial charge in [0.15, 0.2) is 0 Å². The molecule has 0 unspecified atom stereocenters. The third kappa shape index (κ3) is 4.44. The molecule has 0 amide bonds. The van der Waals surface area contributed by atoms with Crippen LogP contribution >= 0.6 is 0 Å². The first-order valence-electron chi connectivity index (χ1n) is 2.54. The van der Waals surface area contributed by atoms with E-state index < -0.39 is 21.4 Å². The van der Waals surface area contributed by atoms with Gasteiger partial charge in [-0.05, 0) is 0 Å². The molecule has 0 aliphatic rings. The Morgan fingerprint density at radius 3 is 1.21 bits per heavy atom. The quantitative estimate of drug-likeness (QED) is 0.299. The fraction of sp³-hybridized carbons (Fsp3) is 1.00. The Balaban J connectivity index is 4.56. The molecule has 80 valence electrons. The molecule has 0 saturated carbocycles. The summed E-state index contributed by atoms with van der Waals surface area (Å²) in [5.74, 6) is 0. The van der Waals surface area contributed by atoms with E-state index in [1.165, 1.54) is 0 Å². The van der Waals surface area contributed by atoms with Crippen molar-refractivity contribution < 1.29 is 29.8 Å². The first kappa shape index (κ1) is 11.6. The molecule has 0 aromatic heterocycles. The molecular formula is CH2N4O9. The third-order valence-corrected chi connectivity index (χ3v) is 0.605. The molecule has 0 aliphatic carbocycles. The van der Waals surface area contributed by atoms with E-state index in [1.54, 1.807) is 0 Å². The Morgan fingerprint density at radius 2 is 1.07 bits per heavy atom. The zero-order valence-electron chi connectivity index (χ0n) is 6.09. The summed E-state index contributed by atoms with van der Waals surface area (Å²) in [6, 6.07) is 0. The standard InChI is InChI=1S/CH2N4O9/c2-1(12-3(6)7,13-4(8)9)14-5(10)11/h2H2. The highest BCUT2D eigenvalue weighted by Gasteiger charge is 2.39. The van der Waals surface area contributed by atoms with E-state index in [-0.39, 0.29) is 0 Å². The van der Waals surface area contributed by atoms with Gasteiger partial charge in [0.2, 0.25) is 0 Å². The fourth-order valence-corrected chi connectivity index (χ4v) is 0.362. The molecule has 13 heteroatoms. The van der Waals surface area contributed by atoms with Crippen molar-refractivity contribution in [2.45, 2.75) is 6.10 Å². The van der Waals surface area contributed by atoms with Crippen molar-refractivity contribution in [3.05, 3.63) is 30.3 Å². The minimum absolute atomic E-state index is 1.66. The molecule has 0 radical (unpaired) electrons. The zero-order valence-corrected chi connectivity index (χ0v) is 6.09. The Morgan fingerprint density at radius 1 is 0.857 bits per heavy atom. The van der Waals surface area contributed by atoms with Gasteiger partial charge in [0, 0.05) is 0 Å². The molecule has 0 fully saturated rings. The summed E-state index contributed by atoms with van der Waals surface area (Å²) in [6.45, 7) is 0. The first-order valence-corrected chi connectivity index (χ1v) is 2.54. The zero-order chi connectivity index (χ0) is 11.4. The van der Waals surface area contributed by atoms with E-state index in [4.69, 9.17) is 0 Å². The summed E-state index contributed by atoms with van der Waals surface area (Å²) in [4.78, 5) is 38.7. The Hall–Kier alpha value is -2.44. The van der Waals surface area contributed by atoms with Crippen LogP contribution in [0.5, 0.6) is 0 Å². The van der Waals surface area contributed by atoms with Gasteiger partial charge >= 0.3 is 21.4 Å². The van der Waals surface area contributed by atoms with E-state index in [0.29, 0.717) is 0 Å². The van der Waals surface area contributed by atoms with Crippen LogP contribution < -0.4 is 5.73 Å². The van der Waals surface area contributed by atoms with Gasteiger partial charge in [0.05, 0.1) is 0 Å². The smallest absolute Gasteiger partial charge is 0.258 e. The van der Waals surface area contributed by atoms with E-state index in [9.17, 15) is 30.3 Å². The van der Waals surface area contributed by atoms with Crippen LogP contribution in [0.3, 0.4) is 0 Å². The van der Waals surface area contributed by atoms with Gasteiger partial charge in [0.1, 0.15) is 0 Å². The summed E-state index contributed by atoms with van der Waals surface area (Å²) in [7, 11) is 0. The number of nitrogens with two attached hydrogens (primary N) is 1. The summed E-state index contributed by atoms with van der Waals surface area (Å²) in [5.41, 5.74) is 4.51. The molecule has 0 rings (SSSR count). The van der Waals surface area contributed by atoms with Crippen LogP contribution in [0.25, 0.3) is 0 Å². The first-order chi connectivity index (χ1) is 6.25. The van der Waals surface area contributed by atoms with Crippen LogP contribution in [-0.4, -0.2) is 21.4 Å². The Kier molecular flexibility index (Phi) is 3.29. The van der Waals surface area contributed by atoms with E-state index in [1.807, 2.05) is 0 Å².